The molecule has 1 heterocycles. The number of aromatic amines is 2. The molecule has 0 aliphatic heterocycles. The van der Waals surface area contributed by atoms with E-state index in [1.165, 1.54) is 6.92 Å². The second-order valence-electron chi connectivity index (χ2n) is 3.23. The van der Waals surface area contributed by atoms with Crippen LogP contribution in [0, 0.1) is 0 Å². The number of rotatable bonds is 4. The molecule has 0 saturated heterocycles. The van der Waals surface area contributed by atoms with E-state index < -0.39 is 24.3 Å². The predicted octanol–water partition coefficient (Wildman–Crippen LogP) is 0.528. The third kappa shape index (κ3) is 4.63. The van der Waals surface area contributed by atoms with Crippen LogP contribution in [0.5, 0.6) is 0 Å². The smallest absolute Gasteiger partial charge is 0.307 e. The normalized spacial score (nSPS) is 14.1. The van der Waals surface area contributed by atoms with Crippen LogP contribution in [-0.2, 0) is 6.54 Å². The summed E-state index contributed by atoms with van der Waals surface area (Å²) in [6, 6.07) is -0.717. The molecule has 1 aromatic heterocycles. The summed E-state index contributed by atoms with van der Waals surface area (Å²) in [7, 11) is 0. The van der Waals surface area contributed by atoms with Gasteiger partial charge >= 0.3 is 11.9 Å². The first-order chi connectivity index (χ1) is 6.87. The van der Waals surface area contributed by atoms with E-state index in [-0.39, 0.29) is 12.4 Å². The lowest BCUT2D eigenvalue weighted by molar-refractivity contribution is -0.139. The highest BCUT2D eigenvalue weighted by Gasteiger charge is 2.29. The number of hydrogen-bond donors (Lipinski definition) is 3. The Morgan fingerprint density at radius 1 is 1.53 bits per heavy atom. The van der Waals surface area contributed by atoms with Crippen molar-refractivity contribution in [3.63, 3.8) is 0 Å². The second-order valence-corrected chi connectivity index (χ2v) is 3.23. The number of hydrogen-bond acceptors (Lipinski definition) is 3. The molecule has 0 aliphatic carbocycles. The maximum absolute atomic E-state index is 11.9. The molecule has 0 saturated carbocycles. The molecule has 1 unspecified atom stereocenters. The van der Waals surface area contributed by atoms with E-state index in [1.807, 2.05) is 0 Å². The summed E-state index contributed by atoms with van der Waals surface area (Å²) in [4.78, 5) is 12.9. The minimum atomic E-state index is -4.19. The largest absolute Gasteiger partial charge is 0.390 e. The highest BCUT2D eigenvalue weighted by Crippen LogP contribution is 2.21. The summed E-state index contributed by atoms with van der Waals surface area (Å²) >= 11 is 0. The van der Waals surface area contributed by atoms with Crippen molar-refractivity contribution in [2.24, 2.45) is 0 Å². The lowest BCUT2D eigenvalue weighted by Gasteiger charge is -2.14. The molecular weight excluding hydrogens is 213 g/mol. The molecule has 5 nitrogen and oxygen atoms in total. The van der Waals surface area contributed by atoms with Crippen molar-refractivity contribution >= 4 is 0 Å². The molecule has 1 rings (SSSR count). The molecule has 1 atom stereocenters. The Labute approximate surface area is 83.1 Å². The minimum Gasteiger partial charge on any atom is -0.307 e. The van der Waals surface area contributed by atoms with E-state index in [4.69, 9.17) is 0 Å². The lowest BCUT2D eigenvalue weighted by Crippen LogP contribution is -2.31. The average molecular weight is 224 g/mol. The molecule has 0 bridgehead atoms. The summed E-state index contributed by atoms with van der Waals surface area (Å²) in [5.74, 6) is 0.286. The molecule has 3 N–H and O–H groups in total. The first kappa shape index (κ1) is 11.8. The van der Waals surface area contributed by atoms with Crippen LogP contribution in [-0.4, -0.2) is 27.4 Å². The fourth-order valence-corrected chi connectivity index (χ4v) is 1.08. The number of nitrogens with zero attached hydrogens (tertiary/aromatic N) is 1. The second kappa shape index (κ2) is 4.47. The Hall–Kier alpha value is -1.31. The predicted molar refractivity (Wildman–Crippen MR) is 46.2 cm³/mol. The summed E-state index contributed by atoms with van der Waals surface area (Å²) in [6.07, 6.45) is -5.10. The van der Waals surface area contributed by atoms with Gasteiger partial charge < -0.3 is 5.32 Å². The minimum absolute atomic E-state index is 0.0932. The van der Waals surface area contributed by atoms with Gasteiger partial charge in [0.2, 0.25) is 0 Å². The van der Waals surface area contributed by atoms with Crippen molar-refractivity contribution in [1.29, 1.82) is 0 Å². The van der Waals surface area contributed by atoms with Crippen LogP contribution in [0.4, 0.5) is 13.2 Å². The number of alkyl halides is 3. The standard InChI is InChI=1S/C7H11F3N4O/c1-4(2-7(8,9)10)11-3-5-12-6(15)14-13-5/h4,11H,2-3H2,1H3,(H2,12,13,14,15). The number of nitrogens with one attached hydrogen (secondary N) is 3. The van der Waals surface area contributed by atoms with Crippen molar-refractivity contribution in [2.45, 2.75) is 32.1 Å². The highest BCUT2D eigenvalue weighted by atomic mass is 19.4. The molecule has 1 aromatic rings. The molecule has 0 spiro atoms. The lowest BCUT2D eigenvalue weighted by atomic mass is 10.2. The van der Waals surface area contributed by atoms with Gasteiger partial charge in [-0.1, -0.05) is 0 Å². The quantitative estimate of drug-likeness (QED) is 0.698. The molecule has 8 heteroatoms. The molecule has 86 valence electrons. The maximum Gasteiger partial charge on any atom is 0.390 e. The zero-order valence-corrected chi connectivity index (χ0v) is 7.98. The summed E-state index contributed by atoms with van der Waals surface area (Å²) in [5.41, 5.74) is -0.477. The van der Waals surface area contributed by atoms with E-state index in [0.29, 0.717) is 0 Å². The van der Waals surface area contributed by atoms with Crippen molar-refractivity contribution in [1.82, 2.24) is 20.5 Å². The van der Waals surface area contributed by atoms with E-state index in [2.05, 4.69) is 20.5 Å². The first-order valence-corrected chi connectivity index (χ1v) is 4.30. The van der Waals surface area contributed by atoms with Gasteiger partial charge in [-0.25, -0.2) is 9.89 Å². The van der Waals surface area contributed by atoms with Gasteiger partial charge in [0.1, 0.15) is 5.82 Å². The fourth-order valence-electron chi connectivity index (χ4n) is 1.08. The van der Waals surface area contributed by atoms with Crippen molar-refractivity contribution in [2.75, 3.05) is 0 Å². The van der Waals surface area contributed by atoms with Crippen LogP contribution in [0.25, 0.3) is 0 Å². The van der Waals surface area contributed by atoms with Gasteiger partial charge in [0.25, 0.3) is 0 Å². The van der Waals surface area contributed by atoms with E-state index in [0.717, 1.165) is 0 Å². The SMILES string of the molecule is CC(CC(F)(F)F)NCc1n[nH]c(=O)[nH]1. The van der Waals surface area contributed by atoms with Crippen LogP contribution in [0.2, 0.25) is 0 Å². The van der Waals surface area contributed by atoms with Crippen molar-refractivity contribution in [3.8, 4) is 0 Å². The Balaban J connectivity index is 2.34. The van der Waals surface area contributed by atoms with Crippen molar-refractivity contribution in [3.05, 3.63) is 16.3 Å². The van der Waals surface area contributed by atoms with Gasteiger partial charge in [-0.2, -0.15) is 18.3 Å². The molecule has 0 aromatic carbocycles. The number of aromatic nitrogens is 3. The number of H-pyrrole nitrogens is 2. The van der Waals surface area contributed by atoms with Gasteiger partial charge in [0.05, 0.1) is 13.0 Å². The van der Waals surface area contributed by atoms with Crippen LogP contribution in [0.3, 0.4) is 0 Å². The summed E-state index contributed by atoms with van der Waals surface area (Å²) in [6.45, 7) is 1.51. The van der Waals surface area contributed by atoms with Crippen LogP contribution in [0.15, 0.2) is 4.79 Å². The van der Waals surface area contributed by atoms with Crippen LogP contribution in [0.1, 0.15) is 19.2 Å². The topological polar surface area (TPSA) is 73.6 Å². The molecule has 0 radical (unpaired) electrons. The number of halogens is 3. The Kier molecular flexibility index (Phi) is 3.51. The Bertz CT molecular complexity index is 356. The van der Waals surface area contributed by atoms with E-state index in [1.54, 1.807) is 0 Å². The summed E-state index contributed by atoms with van der Waals surface area (Å²) < 4.78 is 35.7. The van der Waals surface area contributed by atoms with Crippen LogP contribution >= 0.6 is 0 Å². The van der Waals surface area contributed by atoms with Crippen molar-refractivity contribution < 1.29 is 13.2 Å². The van der Waals surface area contributed by atoms with Gasteiger partial charge in [-0.3, -0.25) is 4.98 Å². The first-order valence-electron chi connectivity index (χ1n) is 4.30. The van der Waals surface area contributed by atoms with Crippen LogP contribution < -0.4 is 11.0 Å². The zero-order chi connectivity index (χ0) is 11.5. The van der Waals surface area contributed by atoms with E-state index >= 15 is 0 Å². The summed E-state index contributed by atoms with van der Waals surface area (Å²) in [5, 5.41) is 8.26. The van der Waals surface area contributed by atoms with Gasteiger partial charge in [-0.15, -0.1) is 0 Å². The Morgan fingerprint density at radius 3 is 2.67 bits per heavy atom. The molecule has 0 amide bonds. The molecular formula is C7H11F3N4O. The molecule has 15 heavy (non-hydrogen) atoms. The van der Waals surface area contributed by atoms with Gasteiger partial charge in [0, 0.05) is 6.04 Å². The fraction of sp³-hybridized carbons (Fsp3) is 0.714. The third-order valence-electron chi connectivity index (χ3n) is 1.71. The Morgan fingerprint density at radius 2 is 2.20 bits per heavy atom. The zero-order valence-electron chi connectivity index (χ0n) is 7.98. The van der Waals surface area contributed by atoms with Gasteiger partial charge in [-0.05, 0) is 6.92 Å². The van der Waals surface area contributed by atoms with Gasteiger partial charge in [0.15, 0.2) is 0 Å². The highest BCUT2D eigenvalue weighted by molar-refractivity contribution is 4.80. The van der Waals surface area contributed by atoms with E-state index in [9.17, 15) is 18.0 Å². The molecule has 0 fully saturated rings. The maximum atomic E-state index is 11.9. The monoisotopic (exact) mass is 224 g/mol. The molecule has 0 aliphatic rings. The third-order valence-corrected chi connectivity index (χ3v) is 1.71. The average Bonchev–Trinajstić information content (AvgIpc) is 2.45.